The van der Waals surface area contributed by atoms with Crippen molar-refractivity contribution in [3.05, 3.63) is 35.9 Å². The molecule has 1 atom stereocenters. The first-order valence-electron chi connectivity index (χ1n) is 8.49. The highest BCUT2D eigenvalue weighted by Gasteiger charge is 2.34. The number of ether oxygens (including phenoxy) is 1. The summed E-state index contributed by atoms with van der Waals surface area (Å²) >= 11 is 0. The predicted molar refractivity (Wildman–Crippen MR) is 88.6 cm³/mol. The largest absolute Gasteiger partial charge is 0.385 e. The number of β-amino-alcohol motifs (C(OH)–C–C–N with tert-alkyl or cyclic N) is 1. The fourth-order valence-corrected chi connectivity index (χ4v) is 3.49. The quantitative estimate of drug-likeness (QED) is 0.809. The zero-order chi connectivity index (χ0) is 16.1. The van der Waals surface area contributed by atoms with E-state index in [1.165, 1.54) is 0 Å². The summed E-state index contributed by atoms with van der Waals surface area (Å²) in [7, 11) is 0. The van der Waals surface area contributed by atoms with Gasteiger partial charge in [0.15, 0.2) is 5.78 Å². The van der Waals surface area contributed by atoms with Gasteiger partial charge in [0.1, 0.15) is 5.60 Å². The van der Waals surface area contributed by atoms with Crippen molar-refractivity contribution in [3.8, 4) is 0 Å². The van der Waals surface area contributed by atoms with Crippen LogP contribution >= 0.6 is 0 Å². The molecule has 0 unspecified atom stereocenters. The monoisotopic (exact) mass is 318 g/mol. The van der Waals surface area contributed by atoms with Crippen molar-refractivity contribution in [2.75, 3.05) is 45.9 Å². The predicted octanol–water partition coefficient (Wildman–Crippen LogP) is 0.932. The molecule has 23 heavy (non-hydrogen) atoms. The maximum Gasteiger partial charge on any atom is 0.166 e. The summed E-state index contributed by atoms with van der Waals surface area (Å²) in [6.45, 7) is 4.69. The molecule has 1 aromatic rings. The van der Waals surface area contributed by atoms with Gasteiger partial charge in [-0.1, -0.05) is 30.3 Å². The summed E-state index contributed by atoms with van der Waals surface area (Å²) in [6, 6.07) is 9.55. The van der Waals surface area contributed by atoms with E-state index in [9.17, 15) is 9.90 Å². The Morgan fingerprint density at radius 1 is 1.30 bits per heavy atom. The highest BCUT2D eigenvalue weighted by molar-refractivity contribution is 5.97. The SMILES string of the molecule is O=C(c1ccccc1)C1CCN(C[C@@]2(O)CNCCOC2)CC1. The molecule has 126 valence electrons. The maximum absolute atomic E-state index is 12.5. The number of hydrogen-bond acceptors (Lipinski definition) is 5. The standard InChI is InChI=1S/C18H26N2O3/c21-17(15-4-2-1-3-5-15)16-6-9-20(10-7-16)13-18(22)12-19-8-11-23-14-18/h1-5,16,19,22H,6-14H2/t18-/m0/s1. The first-order chi connectivity index (χ1) is 11.2. The number of nitrogens with zero attached hydrogens (tertiary/aromatic N) is 1. The summed E-state index contributed by atoms with van der Waals surface area (Å²) < 4.78 is 5.48. The van der Waals surface area contributed by atoms with Crippen molar-refractivity contribution in [3.63, 3.8) is 0 Å². The maximum atomic E-state index is 12.5. The van der Waals surface area contributed by atoms with E-state index < -0.39 is 5.60 Å². The fraction of sp³-hybridized carbons (Fsp3) is 0.611. The third-order valence-electron chi connectivity index (χ3n) is 4.78. The molecule has 0 spiro atoms. The van der Waals surface area contributed by atoms with E-state index in [4.69, 9.17) is 4.74 Å². The van der Waals surface area contributed by atoms with Crippen molar-refractivity contribution in [2.24, 2.45) is 5.92 Å². The van der Waals surface area contributed by atoms with Crippen LogP contribution in [-0.2, 0) is 4.74 Å². The number of aliphatic hydroxyl groups is 1. The first kappa shape index (κ1) is 16.6. The average Bonchev–Trinajstić information content (AvgIpc) is 2.80. The van der Waals surface area contributed by atoms with Crippen LogP contribution in [0.2, 0.25) is 0 Å². The van der Waals surface area contributed by atoms with E-state index >= 15 is 0 Å². The normalized spacial score (nSPS) is 27.5. The highest BCUT2D eigenvalue weighted by atomic mass is 16.5. The van der Waals surface area contributed by atoms with E-state index in [2.05, 4.69) is 10.2 Å². The molecular formula is C18H26N2O3. The minimum Gasteiger partial charge on any atom is -0.385 e. The van der Waals surface area contributed by atoms with Crippen molar-refractivity contribution in [1.29, 1.82) is 0 Å². The number of carbonyl (C=O) groups is 1. The van der Waals surface area contributed by atoms with Crippen LogP contribution in [0.4, 0.5) is 0 Å². The van der Waals surface area contributed by atoms with Crippen LogP contribution in [0.5, 0.6) is 0 Å². The number of rotatable bonds is 4. The summed E-state index contributed by atoms with van der Waals surface area (Å²) in [5, 5.41) is 13.9. The molecule has 3 rings (SSSR count). The number of benzene rings is 1. The molecule has 0 aliphatic carbocycles. The molecule has 5 nitrogen and oxygen atoms in total. The van der Waals surface area contributed by atoms with Crippen LogP contribution in [-0.4, -0.2) is 67.3 Å². The number of Topliss-reactive ketones (excluding diaryl/α,β-unsaturated/α-hetero) is 1. The van der Waals surface area contributed by atoms with Crippen LogP contribution in [0.1, 0.15) is 23.2 Å². The van der Waals surface area contributed by atoms with Gasteiger partial charge in [-0.15, -0.1) is 0 Å². The molecule has 0 aromatic heterocycles. The number of hydrogen-bond donors (Lipinski definition) is 2. The molecule has 2 fully saturated rings. The number of carbonyl (C=O) groups excluding carboxylic acids is 1. The van der Waals surface area contributed by atoms with E-state index in [1.54, 1.807) is 0 Å². The third-order valence-corrected chi connectivity index (χ3v) is 4.78. The highest BCUT2D eigenvalue weighted by Crippen LogP contribution is 2.23. The van der Waals surface area contributed by atoms with Gasteiger partial charge in [-0.05, 0) is 25.9 Å². The van der Waals surface area contributed by atoms with Crippen molar-refractivity contribution < 1.29 is 14.6 Å². The minimum absolute atomic E-state index is 0.104. The van der Waals surface area contributed by atoms with Gasteiger partial charge in [-0.25, -0.2) is 0 Å². The third kappa shape index (κ3) is 4.38. The molecular weight excluding hydrogens is 292 g/mol. The Kier molecular flexibility index (Phi) is 5.43. The van der Waals surface area contributed by atoms with Crippen molar-refractivity contribution in [2.45, 2.75) is 18.4 Å². The molecule has 2 aliphatic rings. The van der Waals surface area contributed by atoms with Gasteiger partial charge in [-0.3, -0.25) is 4.79 Å². The molecule has 5 heteroatoms. The van der Waals surface area contributed by atoms with Crippen LogP contribution in [0.15, 0.2) is 30.3 Å². The summed E-state index contributed by atoms with van der Waals surface area (Å²) in [5.74, 6) is 0.357. The van der Waals surface area contributed by atoms with Crippen LogP contribution in [0.25, 0.3) is 0 Å². The van der Waals surface area contributed by atoms with Gasteiger partial charge in [0, 0.05) is 31.1 Å². The lowest BCUT2D eigenvalue weighted by Gasteiger charge is -2.37. The summed E-state index contributed by atoms with van der Waals surface area (Å²) in [4.78, 5) is 14.8. The zero-order valence-corrected chi connectivity index (χ0v) is 13.5. The van der Waals surface area contributed by atoms with Crippen LogP contribution < -0.4 is 5.32 Å². The Hall–Kier alpha value is -1.27. The lowest BCUT2D eigenvalue weighted by Crippen LogP contribution is -2.53. The smallest absolute Gasteiger partial charge is 0.166 e. The lowest BCUT2D eigenvalue weighted by atomic mass is 9.88. The topological polar surface area (TPSA) is 61.8 Å². The molecule has 1 aromatic carbocycles. The Morgan fingerprint density at radius 2 is 2.04 bits per heavy atom. The second-order valence-corrected chi connectivity index (χ2v) is 6.73. The van der Waals surface area contributed by atoms with E-state index in [1.807, 2.05) is 30.3 Å². The van der Waals surface area contributed by atoms with Crippen molar-refractivity contribution in [1.82, 2.24) is 10.2 Å². The van der Waals surface area contributed by atoms with E-state index in [-0.39, 0.29) is 11.7 Å². The average molecular weight is 318 g/mol. The Bertz CT molecular complexity index is 504. The molecule has 0 radical (unpaired) electrons. The molecule has 2 aliphatic heterocycles. The summed E-state index contributed by atoms with van der Waals surface area (Å²) in [5.41, 5.74) is -0.0155. The minimum atomic E-state index is -0.827. The van der Waals surface area contributed by atoms with Crippen molar-refractivity contribution >= 4 is 5.78 Å². The van der Waals surface area contributed by atoms with Gasteiger partial charge in [0.05, 0.1) is 13.2 Å². The second-order valence-electron chi connectivity index (χ2n) is 6.73. The first-order valence-corrected chi connectivity index (χ1v) is 8.49. The molecule has 2 N–H and O–H groups in total. The molecule has 2 saturated heterocycles. The van der Waals surface area contributed by atoms with Gasteiger partial charge in [0.25, 0.3) is 0 Å². The van der Waals surface area contributed by atoms with Gasteiger partial charge in [0.2, 0.25) is 0 Å². The number of nitrogens with one attached hydrogen (secondary N) is 1. The Balaban J connectivity index is 1.51. The van der Waals surface area contributed by atoms with Crippen LogP contribution in [0.3, 0.4) is 0 Å². The number of likely N-dealkylation sites (tertiary alicyclic amines) is 1. The number of piperidine rings is 1. The molecule has 0 amide bonds. The Morgan fingerprint density at radius 3 is 2.78 bits per heavy atom. The summed E-state index contributed by atoms with van der Waals surface area (Å²) in [6.07, 6.45) is 1.72. The lowest BCUT2D eigenvalue weighted by molar-refractivity contribution is -0.0527. The van der Waals surface area contributed by atoms with Gasteiger partial charge in [-0.2, -0.15) is 0 Å². The van der Waals surface area contributed by atoms with Gasteiger partial charge < -0.3 is 20.1 Å². The van der Waals surface area contributed by atoms with Gasteiger partial charge >= 0.3 is 0 Å². The van der Waals surface area contributed by atoms with Crippen LogP contribution in [0, 0.1) is 5.92 Å². The van der Waals surface area contributed by atoms with E-state index in [0.717, 1.165) is 38.0 Å². The molecule has 2 heterocycles. The number of ketones is 1. The molecule has 0 saturated carbocycles. The van der Waals surface area contributed by atoms with E-state index in [0.29, 0.717) is 26.3 Å². The zero-order valence-electron chi connectivity index (χ0n) is 13.5. The molecule has 0 bridgehead atoms. The second kappa shape index (κ2) is 7.53. The fourth-order valence-electron chi connectivity index (χ4n) is 3.49. The Labute approximate surface area is 137 Å².